The molecule has 0 radical (unpaired) electrons. The fourth-order valence-corrected chi connectivity index (χ4v) is 1.85. The van der Waals surface area contributed by atoms with E-state index >= 15 is 0 Å². The van der Waals surface area contributed by atoms with Crippen LogP contribution in [0.1, 0.15) is 36.7 Å². The summed E-state index contributed by atoms with van der Waals surface area (Å²) >= 11 is 6.14. The fourth-order valence-electron chi connectivity index (χ4n) is 1.54. The van der Waals surface area contributed by atoms with Crippen LogP contribution in [0, 0.1) is 6.92 Å². The van der Waals surface area contributed by atoms with Gasteiger partial charge in [-0.3, -0.25) is 4.98 Å². The number of alkyl halides is 1. The molecule has 4 nitrogen and oxygen atoms in total. The van der Waals surface area contributed by atoms with E-state index in [0.29, 0.717) is 11.7 Å². The first kappa shape index (κ1) is 12.0. The number of halogens is 1. The summed E-state index contributed by atoms with van der Waals surface area (Å²) in [4.78, 5) is 8.42. The van der Waals surface area contributed by atoms with E-state index in [0.717, 1.165) is 24.1 Å². The molecule has 5 heteroatoms. The highest BCUT2D eigenvalue weighted by Gasteiger charge is 2.15. The maximum Gasteiger partial charge on any atom is 0.258 e. The second kappa shape index (κ2) is 5.27. The minimum Gasteiger partial charge on any atom is -0.334 e. The first-order valence-electron chi connectivity index (χ1n) is 5.61. The highest BCUT2D eigenvalue weighted by atomic mass is 35.5. The second-order valence-electron chi connectivity index (χ2n) is 3.90. The molecule has 1 atom stereocenters. The minimum absolute atomic E-state index is 0.180. The molecular weight excluding hydrogens is 238 g/mol. The zero-order valence-electron chi connectivity index (χ0n) is 9.85. The van der Waals surface area contributed by atoms with Gasteiger partial charge in [0, 0.05) is 17.5 Å². The molecule has 2 aromatic heterocycles. The highest BCUT2D eigenvalue weighted by Crippen LogP contribution is 2.25. The smallest absolute Gasteiger partial charge is 0.258 e. The van der Waals surface area contributed by atoms with Crippen LogP contribution in [0.15, 0.2) is 22.9 Å². The van der Waals surface area contributed by atoms with Crippen LogP contribution in [-0.4, -0.2) is 15.1 Å². The van der Waals surface area contributed by atoms with Crippen molar-refractivity contribution < 1.29 is 4.52 Å². The first-order valence-corrected chi connectivity index (χ1v) is 6.05. The normalized spacial score (nSPS) is 12.6. The Morgan fingerprint density at radius 2 is 2.29 bits per heavy atom. The van der Waals surface area contributed by atoms with Crippen molar-refractivity contribution in [3.05, 3.63) is 29.8 Å². The molecule has 0 aromatic carbocycles. The van der Waals surface area contributed by atoms with Crippen molar-refractivity contribution in [1.82, 2.24) is 15.1 Å². The lowest BCUT2D eigenvalue weighted by Gasteiger charge is -1.99. The van der Waals surface area contributed by atoms with Crippen LogP contribution in [0.5, 0.6) is 0 Å². The topological polar surface area (TPSA) is 51.8 Å². The lowest BCUT2D eigenvalue weighted by molar-refractivity contribution is 0.420. The molecule has 0 bridgehead atoms. The van der Waals surface area contributed by atoms with Gasteiger partial charge in [0.1, 0.15) is 0 Å². The molecule has 0 aliphatic heterocycles. The van der Waals surface area contributed by atoms with Crippen molar-refractivity contribution in [2.75, 3.05) is 0 Å². The van der Waals surface area contributed by atoms with Gasteiger partial charge in [-0.25, -0.2) is 0 Å². The van der Waals surface area contributed by atoms with Gasteiger partial charge in [0.25, 0.3) is 5.89 Å². The summed E-state index contributed by atoms with van der Waals surface area (Å²) in [7, 11) is 0. The molecule has 2 aromatic rings. The Bertz CT molecular complexity index is 498. The molecular formula is C12H14ClN3O. The lowest BCUT2D eigenvalue weighted by Crippen LogP contribution is -1.92. The van der Waals surface area contributed by atoms with Gasteiger partial charge in [-0.1, -0.05) is 18.5 Å². The molecule has 0 fully saturated rings. The van der Waals surface area contributed by atoms with E-state index in [1.54, 1.807) is 6.20 Å². The van der Waals surface area contributed by atoms with Gasteiger partial charge in [0.05, 0.1) is 5.38 Å². The van der Waals surface area contributed by atoms with Gasteiger partial charge >= 0.3 is 0 Å². The standard InChI is InChI=1S/C12H14ClN3O/c1-3-4-10(13)11-15-12(17-16-11)9-5-6-14-8(2)7-9/h5-7,10H,3-4H2,1-2H3. The second-order valence-corrected chi connectivity index (χ2v) is 4.43. The van der Waals surface area contributed by atoms with Crippen molar-refractivity contribution in [3.63, 3.8) is 0 Å². The lowest BCUT2D eigenvalue weighted by atomic mass is 10.2. The highest BCUT2D eigenvalue weighted by molar-refractivity contribution is 6.20. The molecule has 0 aliphatic carbocycles. The summed E-state index contributed by atoms with van der Waals surface area (Å²) in [6.45, 7) is 3.99. The Balaban J connectivity index is 2.23. The third kappa shape index (κ3) is 2.82. The Hall–Kier alpha value is -1.42. The summed E-state index contributed by atoms with van der Waals surface area (Å²) in [5, 5.41) is 3.72. The van der Waals surface area contributed by atoms with Crippen LogP contribution in [-0.2, 0) is 0 Å². The van der Waals surface area contributed by atoms with E-state index in [9.17, 15) is 0 Å². The van der Waals surface area contributed by atoms with Crippen LogP contribution >= 0.6 is 11.6 Å². The summed E-state index contributed by atoms with van der Waals surface area (Å²) in [6, 6.07) is 3.74. The third-order valence-electron chi connectivity index (χ3n) is 2.41. The zero-order chi connectivity index (χ0) is 12.3. The van der Waals surface area contributed by atoms with E-state index in [1.165, 1.54) is 0 Å². The number of nitrogens with zero attached hydrogens (tertiary/aromatic N) is 3. The molecule has 0 saturated carbocycles. The molecule has 0 N–H and O–H groups in total. The maximum absolute atomic E-state index is 6.14. The average molecular weight is 252 g/mol. The van der Waals surface area contributed by atoms with E-state index in [4.69, 9.17) is 16.1 Å². The van der Waals surface area contributed by atoms with Crippen molar-refractivity contribution in [2.45, 2.75) is 32.1 Å². The Morgan fingerprint density at radius 3 is 3.00 bits per heavy atom. The number of pyridine rings is 1. The average Bonchev–Trinajstić information content (AvgIpc) is 2.78. The number of hydrogen-bond donors (Lipinski definition) is 0. The first-order chi connectivity index (χ1) is 8.20. The van der Waals surface area contributed by atoms with Crippen molar-refractivity contribution in [2.24, 2.45) is 0 Å². The third-order valence-corrected chi connectivity index (χ3v) is 2.82. The molecule has 90 valence electrons. The molecule has 2 heterocycles. The van der Waals surface area contributed by atoms with Crippen LogP contribution in [0.3, 0.4) is 0 Å². The minimum atomic E-state index is -0.180. The summed E-state index contributed by atoms with van der Waals surface area (Å²) in [6.07, 6.45) is 3.56. The van der Waals surface area contributed by atoms with E-state index < -0.39 is 0 Å². The van der Waals surface area contributed by atoms with Gasteiger partial charge in [0.15, 0.2) is 5.82 Å². The zero-order valence-corrected chi connectivity index (χ0v) is 10.6. The van der Waals surface area contributed by atoms with Gasteiger partial charge < -0.3 is 4.52 Å². The van der Waals surface area contributed by atoms with E-state index in [2.05, 4.69) is 22.0 Å². The maximum atomic E-state index is 6.14. The molecule has 0 amide bonds. The Kier molecular flexibility index (Phi) is 3.74. The van der Waals surface area contributed by atoms with Crippen molar-refractivity contribution in [1.29, 1.82) is 0 Å². The quantitative estimate of drug-likeness (QED) is 0.780. The molecule has 17 heavy (non-hydrogen) atoms. The summed E-state index contributed by atoms with van der Waals surface area (Å²) < 4.78 is 5.20. The number of aryl methyl sites for hydroxylation is 1. The fraction of sp³-hybridized carbons (Fsp3) is 0.417. The summed E-state index contributed by atoms with van der Waals surface area (Å²) in [5.74, 6) is 1.05. The van der Waals surface area contributed by atoms with E-state index in [-0.39, 0.29) is 5.38 Å². The van der Waals surface area contributed by atoms with Crippen molar-refractivity contribution >= 4 is 11.6 Å². The van der Waals surface area contributed by atoms with Gasteiger partial charge in [-0.15, -0.1) is 11.6 Å². The van der Waals surface area contributed by atoms with Crippen molar-refractivity contribution in [3.8, 4) is 11.5 Å². The monoisotopic (exact) mass is 251 g/mol. The SMILES string of the molecule is CCCC(Cl)c1noc(-c2ccnc(C)c2)n1. The van der Waals surface area contributed by atoms with Crippen LogP contribution in [0.4, 0.5) is 0 Å². The molecule has 1 unspecified atom stereocenters. The Morgan fingerprint density at radius 1 is 1.47 bits per heavy atom. The largest absolute Gasteiger partial charge is 0.334 e. The molecule has 0 spiro atoms. The molecule has 2 rings (SSSR count). The predicted molar refractivity (Wildman–Crippen MR) is 65.8 cm³/mol. The van der Waals surface area contributed by atoms with Crippen LogP contribution < -0.4 is 0 Å². The molecule has 0 aliphatic rings. The van der Waals surface area contributed by atoms with Gasteiger partial charge in [-0.05, 0) is 25.5 Å². The van der Waals surface area contributed by atoms with E-state index in [1.807, 2.05) is 19.1 Å². The number of hydrogen-bond acceptors (Lipinski definition) is 4. The van der Waals surface area contributed by atoms with Crippen LogP contribution in [0.25, 0.3) is 11.5 Å². The Labute approximate surface area is 105 Å². The van der Waals surface area contributed by atoms with Crippen LogP contribution in [0.2, 0.25) is 0 Å². The number of aromatic nitrogens is 3. The number of rotatable bonds is 4. The molecule has 0 saturated heterocycles. The van der Waals surface area contributed by atoms with Gasteiger partial charge in [0.2, 0.25) is 0 Å². The summed E-state index contributed by atoms with van der Waals surface area (Å²) in [5.41, 5.74) is 1.79. The van der Waals surface area contributed by atoms with Gasteiger partial charge in [-0.2, -0.15) is 4.98 Å². The predicted octanol–water partition coefficient (Wildman–Crippen LogP) is 3.52.